The van der Waals surface area contributed by atoms with E-state index in [1.165, 1.54) is 7.11 Å². The topological polar surface area (TPSA) is 30.5 Å². The number of halogens is 1. The zero-order valence-electron chi connectivity index (χ0n) is 13.2. The first kappa shape index (κ1) is 16.2. The second kappa shape index (κ2) is 7.76. The van der Waals surface area contributed by atoms with Crippen molar-refractivity contribution in [2.24, 2.45) is 5.92 Å². The first-order chi connectivity index (χ1) is 10.2. The second-order valence-electron chi connectivity index (χ2n) is 5.62. The molecule has 0 saturated heterocycles. The second-order valence-corrected chi connectivity index (χ2v) is 5.62. The lowest BCUT2D eigenvalue weighted by Gasteiger charge is -2.37. The van der Waals surface area contributed by atoms with Crippen LogP contribution in [0.5, 0.6) is 5.75 Å². The van der Waals surface area contributed by atoms with E-state index in [1.54, 1.807) is 6.07 Å². The van der Waals surface area contributed by atoms with Crippen molar-refractivity contribution in [3.8, 4) is 5.75 Å². The summed E-state index contributed by atoms with van der Waals surface area (Å²) in [4.78, 5) is 0. The maximum Gasteiger partial charge on any atom is 0.169 e. The Morgan fingerprint density at radius 1 is 1.33 bits per heavy atom. The molecule has 1 saturated carbocycles. The highest BCUT2D eigenvalue weighted by molar-refractivity contribution is 5.33. The SMILES string of the molecule is CCNC(CC1CC(OCC)C1)c1cccc(OC)c1F. The summed E-state index contributed by atoms with van der Waals surface area (Å²) < 4.78 is 25.1. The van der Waals surface area contributed by atoms with Gasteiger partial charge in [0.25, 0.3) is 0 Å². The van der Waals surface area contributed by atoms with Gasteiger partial charge in [-0.25, -0.2) is 4.39 Å². The molecule has 0 amide bonds. The van der Waals surface area contributed by atoms with Gasteiger partial charge in [-0.2, -0.15) is 0 Å². The van der Waals surface area contributed by atoms with Crippen LogP contribution in [0.2, 0.25) is 0 Å². The van der Waals surface area contributed by atoms with Crippen LogP contribution in [0.1, 0.15) is 44.7 Å². The predicted molar refractivity (Wildman–Crippen MR) is 82.1 cm³/mol. The molecule has 1 N–H and O–H groups in total. The summed E-state index contributed by atoms with van der Waals surface area (Å²) in [6.45, 7) is 5.68. The van der Waals surface area contributed by atoms with Crippen molar-refractivity contribution < 1.29 is 13.9 Å². The molecule has 1 aliphatic rings. The Morgan fingerprint density at radius 2 is 2.10 bits per heavy atom. The number of methoxy groups -OCH3 is 1. The summed E-state index contributed by atoms with van der Waals surface area (Å²) in [7, 11) is 1.50. The van der Waals surface area contributed by atoms with Crippen molar-refractivity contribution in [1.29, 1.82) is 0 Å². The molecule has 1 unspecified atom stereocenters. The summed E-state index contributed by atoms with van der Waals surface area (Å²) in [5.41, 5.74) is 0.705. The minimum absolute atomic E-state index is 0.0395. The Kier molecular flexibility index (Phi) is 6.00. The fourth-order valence-corrected chi connectivity index (χ4v) is 3.09. The zero-order chi connectivity index (χ0) is 15.2. The van der Waals surface area contributed by atoms with Crippen molar-refractivity contribution in [2.75, 3.05) is 20.3 Å². The van der Waals surface area contributed by atoms with Crippen molar-refractivity contribution in [2.45, 2.75) is 45.3 Å². The van der Waals surface area contributed by atoms with Gasteiger partial charge in [-0.15, -0.1) is 0 Å². The molecule has 21 heavy (non-hydrogen) atoms. The molecular formula is C17H26FNO2. The van der Waals surface area contributed by atoms with Crippen molar-refractivity contribution in [1.82, 2.24) is 5.32 Å². The molecule has 1 atom stereocenters. The van der Waals surface area contributed by atoms with Crippen LogP contribution < -0.4 is 10.1 Å². The van der Waals surface area contributed by atoms with E-state index in [0.29, 0.717) is 23.3 Å². The smallest absolute Gasteiger partial charge is 0.169 e. The van der Waals surface area contributed by atoms with Crippen LogP contribution in [0.4, 0.5) is 4.39 Å². The van der Waals surface area contributed by atoms with Gasteiger partial charge in [0.1, 0.15) is 0 Å². The molecular weight excluding hydrogens is 269 g/mol. The van der Waals surface area contributed by atoms with Crippen LogP contribution in [0.25, 0.3) is 0 Å². The van der Waals surface area contributed by atoms with E-state index in [1.807, 2.05) is 19.1 Å². The van der Waals surface area contributed by atoms with Gasteiger partial charge in [-0.1, -0.05) is 19.1 Å². The zero-order valence-corrected chi connectivity index (χ0v) is 13.2. The molecule has 1 fully saturated rings. The Balaban J connectivity index is 2.02. The molecule has 2 rings (SSSR count). The largest absolute Gasteiger partial charge is 0.494 e. The third-order valence-electron chi connectivity index (χ3n) is 4.20. The average molecular weight is 295 g/mol. The number of nitrogens with one attached hydrogen (secondary N) is 1. The molecule has 1 aliphatic carbocycles. The molecule has 0 spiro atoms. The third kappa shape index (κ3) is 3.95. The van der Waals surface area contributed by atoms with E-state index in [0.717, 1.165) is 32.4 Å². The average Bonchev–Trinajstić information content (AvgIpc) is 2.44. The van der Waals surface area contributed by atoms with Crippen LogP contribution in [-0.4, -0.2) is 26.4 Å². The van der Waals surface area contributed by atoms with E-state index in [4.69, 9.17) is 9.47 Å². The Morgan fingerprint density at radius 3 is 2.71 bits per heavy atom. The quantitative estimate of drug-likeness (QED) is 0.793. The minimum atomic E-state index is -0.244. The first-order valence-electron chi connectivity index (χ1n) is 7.86. The number of rotatable bonds is 8. The first-order valence-corrected chi connectivity index (χ1v) is 7.86. The molecule has 0 heterocycles. The predicted octanol–water partition coefficient (Wildman–Crippen LogP) is 3.69. The Bertz CT molecular complexity index is 446. The number of hydrogen-bond donors (Lipinski definition) is 1. The van der Waals surface area contributed by atoms with E-state index in [9.17, 15) is 4.39 Å². The summed E-state index contributed by atoms with van der Waals surface area (Å²) in [5, 5.41) is 3.40. The standard InChI is InChI=1S/C17H26FNO2/c1-4-19-15(11-12-9-13(10-12)21-5-2)14-7-6-8-16(20-3)17(14)18/h6-8,12-13,15,19H,4-5,9-11H2,1-3H3. The van der Waals surface area contributed by atoms with Crippen molar-refractivity contribution in [3.63, 3.8) is 0 Å². The highest BCUT2D eigenvalue weighted by Gasteiger charge is 2.32. The molecule has 1 aromatic rings. The summed E-state index contributed by atoms with van der Waals surface area (Å²) >= 11 is 0. The van der Waals surface area contributed by atoms with Crippen LogP contribution in [0.3, 0.4) is 0 Å². The molecule has 1 aromatic carbocycles. The van der Waals surface area contributed by atoms with E-state index in [2.05, 4.69) is 12.2 Å². The van der Waals surface area contributed by atoms with Gasteiger partial charge in [-0.3, -0.25) is 0 Å². The molecule has 0 aromatic heterocycles. The van der Waals surface area contributed by atoms with Gasteiger partial charge in [0.2, 0.25) is 0 Å². The molecule has 0 radical (unpaired) electrons. The fourth-order valence-electron chi connectivity index (χ4n) is 3.09. The number of ether oxygens (including phenoxy) is 2. The minimum Gasteiger partial charge on any atom is -0.494 e. The fraction of sp³-hybridized carbons (Fsp3) is 0.647. The number of hydrogen-bond acceptors (Lipinski definition) is 3. The molecule has 4 heteroatoms. The lowest BCUT2D eigenvalue weighted by atomic mass is 9.77. The van der Waals surface area contributed by atoms with Gasteiger partial charge in [0, 0.05) is 18.2 Å². The highest BCUT2D eigenvalue weighted by Crippen LogP contribution is 2.38. The van der Waals surface area contributed by atoms with Gasteiger partial charge in [0.05, 0.1) is 13.2 Å². The van der Waals surface area contributed by atoms with Crippen LogP contribution in [0.15, 0.2) is 18.2 Å². The maximum atomic E-state index is 14.4. The van der Waals surface area contributed by atoms with Crippen LogP contribution >= 0.6 is 0 Å². The summed E-state index contributed by atoms with van der Waals surface area (Å²) in [5.74, 6) is 0.680. The van der Waals surface area contributed by atoms with E-state index < -0.39 is 0 Å². The van der Waals surface area contributed by atoms with Gasteiger partial charge < -0.3 is 14.8 Å². The molecule has 0 aliphatic heterocycles. The molecule has 118 valence electrons. The molecule has 0 bridgehead atoms. The van der Waals surface area contributed by atoms with Crippen LogP contribution in [-0.2, 0) is 4.74 Å². The van der Waals surface area contributed by atoms with Gasteiger partial charge in [-0.05, 0) is 44.7 Å². The lowest BCUT2D eigenvalue weighted by molar-refractivity contribution is -0.0291. The van der Waals surface area contributed by atoms with E-state index in [-0.39, 0.29) is 11.9 Å². The van der Waals surface area contributed by atoms with Crippen molar-refractivity contribution >= 4 is 0 Å². The van der Waals surface area contributed by atoms with Gasteiger partial charge in [0.15, 0.2) is 11.6 Å². The van der Waals surface area contributed by atoms with Crippen LogP contribution in [0, 0.1) is 11.7 Å². The van der Waals surface area contributed by atoms with Crippen molar-refractivity contribution in [3.05, 3.63) is 29.6 Å². The maximum absolute atomic E-state index is 14.4. The lowest BCUT2D eigenvalue weighted by Crippen LogP contribution is -2.35. The van der Waals surface area contributed by atoms with Gasteiger partial charge >= 0.3 is 0 Å². The summed E-state index contributed by atoms with van der Waals surface area (Å²) in [6, 6.07) is 5.41. The highest BCUT2D eigenvalue weighted by atomic mass is 19.1. The Hall–Kier alpha value is -1.13. The normalized spacial score (nSPS) is 22.7. The number of benzene rings is 1. The van der Waals surface area contributed by atoms with E-state index >= 15 is 0 Å². The monoisotopic (exact) mass is 295 g/mol. The summed E-state index contributed by atoms with van der Waals surface area (Å²) in [6.07, 6.45) is 3.52. The Labute approximate surface area is 126 Å². The molecule has 3 nitrogen and oxygen atoms in total. The third-order valence-corrected chi connectivity index (χ3v) is 4.20.